The van der Waals surface area contributed by atoms with E-state index < -0.39 is 28.5 Å². The van der Waals surface area contributed by atoms with Gasteiger partial charge in [0.15, 0.2) is 6.61 Å². The third kappa shape index (κ3) is 4.89. The summed E-state index contributed by atoms with van der Waals surface area (Å²) in [5, 5.41) is 0. The van der Waals surface area contributed by atoms with E-state index in [2.05, 4.69) is 4.72 Å². The molecule has 1 aliphatic heterocycles. The molecule has 9 heteroatoms. The summed E-state index contributed by atoms with van der Waals surface area (Å²) < 4.78 is 31.8. The maximum absolute atomic E-state index is 12.2. The summed E-state index contributed by atoms with van der Waals surface area (Å²) in [5.74, 6) is -1.59. The molecular formula is C17H22N2O6S. The summed E-state index contributed by atoms with van der Waals surface area (Å²) in [6.07, 6.45) is 1.58. The second-order valence-corrected chi connectivity index (χ2v) is 7.79. The van der Waals surface area contributed by atoms with E-state index in [-0.39, 0.29) is 22.4 Å². The summed E-state index contributed by atoms with van der Waals surface area (Å²) in [5.41, 5.74) is 0.119. The summed E-state index contributed by atoms with van der Waals surface area (Å²) in [7, 11) is -3.66. The van der Waals surface area contributed by atoms with Gasteiger partial charge in [-0.2, -0.15) is 0 Å². The number of nitrogens with zero attached hydrogens (tertiary/aromatic N) is 1. The van der Waals surface area contributed by atoms with E-state index in [1.54, 1.807) is 6.92 Å². The number of hydrogen-bond acceptors (Lipinski definition) is 6. The molecule has 0 saturated carbocycles. The predicted octanol–water partition coefficient (Wildman–Crippen LogP) is 1.07. The minimum absolute atomic E-state index is 0.0353. The standard InChI is InChI=1S/C17H22N2O6S/c1-3-12(2)18-26(23,24)14-8-6-13(7-9-14)17(22)25-11-16(21)19-10-4-5-15(19)20/h6-9,12,18H,3-5,10-11H2,1-2H3/t12-/m1/s1. The van der Waals surface area contributed by atoms with Crippen LogP contribution in [0.15, 0.2) is 29.2 Å². The van der Waals surface area contributed by atoms with Crippen molar-refractivity contribution in [2.45, 2.75) is 44.0 Å². The zero-order valence-electron chi connectivity index (χ0n) is 14.7. The van der Waals surface area contributed by atoms with Gasteiger partial charge in [0.25, 0.3) is 5.91 Å². The van der Waals surface area contributed by atoms with Crippen LogP contribution in [-0.2, 0) is 24.3 Å². The highest BCUT2D eigenvalue weighted by molar-refractivity contribution is 7.89. The van der Waals surface area contributed by atoms with Gasteiger partial charge in [0.1, 0.15) is 0 Å². The Morgan fingerprint density at radius 1 is 1.27 bits per heavy atom. The van der Waals surface area contributed by atoms with Gasteiger partial charge in [-0.1, -0.05) is 6.92 Å². The summed E-state index contributed by atoms with van der Waals surface area (Å²) >= 11 is 0. The van der Waals surface area contributed by atoms with E-state index in [1.165, 1.54) is 24.3 Å². The molecule has 2 rings (SSSR count). The number of rotatable bonds is 7. The van der Waals surface area contributed by atoms with Gasteiger partial charge >= 0.3 is 5.97 Å². The van der Waals surface area contributed by atoms with Crippen molar-refractivity contribution < 1.29 is 27.5 Å². The molecule has 1 saturated heterocycles. The van der Waals surface area contributed by atoms with Crippen molar-refractivity contribution in [2.24, 2.45) is 0 Å². The Kier molecular flexibility index (Phi) is 6.49. The zero-order chi connectivity index (χ0) is 19.3. The fraction of sp³-hybridized carbons (Fsp3) is 0.471. The SMILES string of the molecule is CC[C@@H](C)NS(=O)(=O)c1ccc(C(=O)OCC(=O)N2CCCC2=O)cc1. The summed E-state index contributed by atoms with van der Waals surface area (Å²) in [4.78, 5) is 36.4. The van der Waals surface area contributed by atoms with E-state index in [1.807, 2.05) is 6.92 Å². The van der Waals surface area contributed by atoms with Crippen LogP contribution in [0.25, 0.3) is 0 Å². The number of carbonyl (C=O) groups excluding carboxylic acids is 3. The second-order valence-electron chi connectivity index (χ2n) is 6.07. The molecule has 0 unspecified atom stereocenters. The average molecular weight is 382 g/mol. The number of ether oxygens (including phenoxy) is 1. The maximum Gasteiger partial charge on any atom is 0.338 e. The lowest BCUT2D eigenvalue weighted by Crippen LogP contribution is -2.35. The van der Waals surface area contributed by atoms with Crippen LogP contribution >= 0.6 is 0 Å². The smallest absolute Gasteiger partial charge is 0.338 e. The molecule has 1 aromatic carbocycles. The van der Waals surface area contributed by atoms with Crippen LogP contribution in [0, 0.1) is 0 Å². The number of nitrogens with one attached hydrogen (secondary N) is 1. The van der Waals surface area contributed by atoms with E-state index >= 15 is 0 Å². The average Bonchev–Trinajstić information content (AvgIpc) is 3.05. The van der Waals surface area contributed by atoms with Gasteiger partial charge in [-0.3, -0.25) is 14.5 Å². The molecule has 0 radical (unpaired) electrons. The van der Waals surface area contributed by atoms with E-state index in [4.69, 9.17) is 4.74 Å². The molecule has 0 aliphatic carbocycles. The Balaban J connectivity index is 1.96. The number of esters is 1. The van der Waals surface area contributed by atoms with Crippen molar-refractivity contribution in [3.8, 4) is 0 Å². The highest BCUT2D eigenvalue weighted by Crippen LogP contribution is 2.13. The first-order valence-electron chi connectivity index (χ1n) is 8.37. The quantitative estimate of drug-likeness (QED) is 0.707. The number of benzene rings is 1. The van der Waals surface area contributed by atoms with Gasteiger partial charge in [-0.15, -0.1) is 0 Å². The lowest BCUT2D eigenvalue weighted by atomic mass is 10.2. The van der Waals surface area contributed by atoms with Gasteiger partial charge in [-0.05, 0) is 44.0 Å². The van der Waals surface area contributed by atoms with E-state index in [9.17, 15) is 22.8 Å². The maximum atomic E-state index is 12.2. The monoisotopic (exact) mass is 382 g/mol. The highest BCUT2D eigenvalue weighted by atomic mass is 32.2. The number of hydrogen-bond donors (Lipinski definition) is 1. The van der Waals surface area contributed by atoms with Gasteiger partial charge in [0.2, 0.25) is 15.9 Å². The molecule has 1 N–H and O–H groups in total. The fourth-order valence-electron chi connectivity index (χ4n) is 2.39. The van der Waals surface area contributed by atoms with Crippen LogP contribution in [0.2, 0.25) is 0 Å². The largest absolute Gasteiger partial charge is 0.452 e. The van der Waals surface area contributed by atoms with Crippen LogP contribution in [0.1, 0.15) is 43.5 Å². The van der Waals surface area contributed by atoms with Crippen LogP contribution < -0.4 is 4.72 Å². The molecule has 1 fully saturated rings. The molecular weight excluding hydrogens is 360 g/mol. The Labute approximate surface area is 152 Å². The topological polar surface area (TPSA) is 110 Å². The van der Waals surface area contributed by atoms with Crippen LogP contribution in [0.5, 0.6) is 0 Å². The number of amides is 2. The molecule has 0 spiro atoms. The molecule has 1 heterocycles. The molecule has 8 nitrogen and oxygen atoms in total. The Morgan fingerprint density at radius 2 is 1.92 bits per heavy atom. The molecule has 1 aliphatic rings. The van der Waals surface area contributed by atoms with Crippen LogP contribution in [0.3, 0.4) is 0 Å². The van der Waals surface area contributed by atoms with Gasteiger partial charge in [-0.25, -0.2) is 17.9 Å². The number of imide groups is 1. The molecule has 26 heavy (non-hydrogen) atoms. The lowest BCUT2D eigenvalue weighted by molar-refractivity contribution is -0.143. The molecule has 1 atom stereocenters. The first-order valence-corrected chi connectivity index (χ1v) is 9.85. The first-order chi connectivity index (χ1) is 12.2. The van der Waals surface area contributed by atoms with E-state index in [0.717, 1.165) is 4.90 Å². The third-order valence-corrected chi connectivity index (χ3v) is 5.68. The minimum atomic E-state index is -3.66. The Hall–Kier alpha value is -2.26. The van der Waals surface area contributed by atoms with Crippen molar-refractivity contribution in [1.29, 1.82) is 0 Å². The van der Waals surface area contributed by atoms with Crippen molar-refractivity contribution in [3.63, 3.8) is 0 Å². The Bertz CT molecular complexity index is 788. The lowest BCUT2D eigenvalue weighted by Gasteiger charge is -2.14. The van der Waals surface area contributed by atoms with Crippen LogP contribution in [-0.4, -0.2) is 50.3 Å². The summed E-state index contributed by atoms with van der Waals surface area (Å²) in [6, 6.07) is 5.03. The number of sulfonamides is 1. The molecule has 0 bridgehead atoms. The summed E-state index contributed by atoms with van der Waals surface area (Å²) in [6.45, 7) is 3.43. The highest BCUT2D eigenvalue weighted by Gasteiger charge is 2.27. The van der Waals surface area contributed by atoms with Gasteiger partial charge < -0.3 is 4.74 Å². The van der Waals surface area contributed by atoms with Crippen molar-refractivity contribution in [3.05, 3.63) is 29.8 Å². The molecule has 2 amide bonds. The Morgan fingerprint density at radius 3 is 2.46 bits per heavy atom. The molecule has 142 valence electrons. The number of likely N-dealkylation sites (tertiary alicyclic amines) is 1. The first kappa shape index (κ1) is 20.1. The van der Waals surface area contributed by atoms with Crippen molar-refractivity contribution in [1.82, 2.24) is 9.62 Å². The second kappa shape index (κ2) is 8.41. The predicted molar refractivity (Wildman–Crippen MR) is 92.8 cm³/mol. The number of carbonyl (C=O) groups is 3. The molecule has 1 aromatic rings. The third-order valence-electron chi connectivity index (χ3n) is 4.07. The van der Waals surface area contributed by atoms with Crippen molar-refractivity contribution in [2.75, 3.05) is 13.2 Å². The minimum Gasteiger partial charge on any atom is -0.452 e. The van der Waals surface area contributed by atoms with E-state index in [0.29, 0.717) is 25.8 Å². The van der Waals surface area contributed by atoms with Crippen molar-refractivity contribution >= 4 is 27.8 Å². The van der Waals surface area contributed by atoms with Crippen LogP contribution in [0.4, 0.5) is 0 Å². The van der Waals surface area contributed by atoms with Gasteiger partial charge in [0.05, 0.1) is 10.5 Å². The van der Waals surface area contributed by atoms with Gasteiger partial charge in [0, 0.05) is 19.0 Å². The normalized spacial score (nSPS) is 15.8. The fourth-order valence-corrected chi connectivity index (χ4v) is 3.71. The zero-order valence-corrected chi connectivity index (χ0v) is 15.5. The molecule has 0 aromatic heterocycles.